The topological polar surface area (TPSA) is 102 Å². The minimum Gasteiger partial charge on any atom is -0.346 e. The van der Waals surface area contributed by atoms with E-state index in [-0.39, 0.29) is 36.6 Å². The van der Waals surface area contributed by atoms with Crippen molar-refractivity contribution >= 4 is 24.0 Å². The van der Waals surface area contributed by atoms with Crippen molar-refractivity contribution in [1.82, 2.24) is 20.4 Å². The number of nitrogens with one attached hydrogen (secondary N) is 2. The molecule has 2 heterocycles. The predicted octanol–water partition coefficient (Wildman–Crippen LogP) is 2.07. The molecule has 1 aromatic carbocycles. The minimum atomic E-state index is -0.452. The number of hydrogen-bond donors (Lipinski definition) is 2. The van der Waals surface area contributed by atoms with Gasteiger partial charge in [0.25, 0.3) is 11.6 Å². The maximum Gasteiger partial charge on any atom is 0.274 e. The number of amides is 1. The zero-order valence-corrected chi connectivity index (χ0v) is 14.4. The number of piperidine rings is 1. The Hall–Kier alpha value is -2.45. The van der Waals surface area contributed by atoms with Crippen LogP contribution in [0.1, 0.15) is 34.9 Å². The van der Waals surface area contributed by atoms with E-state index >= 15 is 0 Å². The molecule has 2 N–H and O–H groups in total. The van der Waals surface area contributed by atoms with Gasteiger partial charge in [-0.15, -0.1) is 12.4 Å². The third kappa shape index (κ3) is 4.55. The molecular weight excluding hydrogens is 346 g/mol. The number of halogens is 1. The number of hydrogen-bond acceptors (Lipinski definition) is 5. The van der Waals surface area contributed by atoms with Crippen molar-refractivity contribution < 1.29 is 9.72 Å². The average Bonchev–Trinajstić information content (AvgIpc) is 3.11. The molecule has 3 rings (SSSR count). The van der Waals surface area contributed by atoms with Crippen LogP contribution in [0.25, 0.3) is 0 Å². The van der Waals surface area contributed by atoms with E-state index in [4.69, 9.17) is 0 Å². The molecule has 1 atom stereocenters. The third-order valence-corrected chi connectivity index (χ3v) is 4.11. The fraction of sp³-hybridized carbons (Fsp3) is 0.375. The number of para-hydroxylation sites is 1. The molecule has 0 radical (unpaired) electrons. The van der Waals surface area contributed by atoms with Gasteiger partial charge in [0.15, 0.2) is 0 Å². The van der Waals surface area contributed by atoms with Crippen LogP contribution in [0.3, 0.4) is 0 Å². The third-order valence-electron chi connectivity index (χ3n) is 4.11. The molecule has 9 heteroatoms. The molecule has 1 aromatic heterocycles. The molecule has 1 fully saturated rings. The maximum absolute atomic E-state index is 12.2. The zero-order valence-electron chi connectivity index (χ0n) is 13.6. The standard InChI is InChI=1S/C16H19N5O3.ClH/c22-16(18-10-12-4-1-2-6-15(12)21(23)24)14-7-9-20(19-14)13-5-3-8-17-11-13;/h1-2,4,6-7,9,13,17H,3,5,8,10-11H2,(H,18,22);1H. The zero-order chi connectivity index (χ0) is 16.9. The predicted molar refractivity (Wildman–Crippen MR) is 94.9 cm³/mol. The van der Waals surface area contributed by atoms with Gasteiger partial charge in [-0.05, 0) is 25.5 Å². The number of carbonyl (C=O) groups is 1. The molecule has 0 aliphatic carbocycles. The fourth-order valence-electron chi connectivity index (χ4n) is 2.83. The maximum atomic E-state index is 12.2. The first-order valence-corrected chi connectivity index (χ1v) is 7.91. The highest BCUT2D eigenvalue weighted by molar-refractivity contribution is 5.92. The van der Waals surface area contributed by atoms with Gasteiger partial charge in [-0.2, -0.15) is 5.10 Å². The molecule has 1 aliphatic heterocycles. The molecule has 0 bridgehead atoms. The Bertz CT molecular complexity index is 743. The van der Waals surface area contributed by atoms with E-state index in [0.717, 1.165) is 25.9 Å². The quantitative estimate of drug-likeness (QED) is 0.623. The summed E-state index contributed by atoms with van der Waals surface area (Å²) in [5.41, 5.74) is 0.780. The fourth-order valence-corrected chi connectivity index (χ4v) is 2.83. The summed E-state index contributed by atoms with van der Waals surface area (Å²) in [5, 5.41) is 21.3. The Morgan fingerprint density at radius 2 is 2.20 bits per heavy atom. The molecule has 25 heavy (non-hydrogen) atoms. The van der Waals surface area contributed by atoms with Crippen molar-refractivity contribution in [1.29, 1.82) is 0 Å². The number of nitrogens with zero attached hydrogens (tertiary/aromatic N) is 3. The first kappa shape index (κ1) is 18.9. The largest absolute Gasteiger partial charge is 0.346 e. The smallest absolute Gasteiger partial charge is 0.274 e. The summed E-state index contributed by atoms with van der Waals surface area (Å²) < 4.78 is 1.81. The second-order valence-electron chi connectivity index (χ2n) is 5.75. The highest BCUT2D eigenvalue weighted by Gasteiger charge is 2.18. The van der Waals surface area contributed by atoms with Crippen LogP contribution < -0.4 is 10.6 Å². The summed E-state index contributed by atoms with van der Waals surface area (Å²) in [7, 11) is 0. The molecule has 2 aromatic rings. The summed E-state index contributed by atoms with van der Waals surface area (Å²) in [6.07, 6.45) is 3.92. The number of carbonyl (C=O) groups excluding carboxylic acids is 1. The van der Waals surface area contributed by atoms with Crippen molar-refractivity contribution in [3.8, 4) is 0 Å². The van der Waals surface area contributed by atoms with Gasteiger partial charge in [0.1, 0.15) is 5.69 Å². The van der Waals surface area contributed by atoms with Gasteiger partial charge in [0.05, 0.1) is 11.0 Å². The molecule has 0 saturated carbocycles. The van der Waals surface area contributed by atoms with Gasteiger partial charge in [-0.1, -0.05) is 18.2 Å². The molecule has 134 valence electrons. The lowest BCUT2D eigenvalue weighted by Gasteiger charge is -2.22. The van der Waals surface area contributed by atoms with E-state index in [1.54, 1.807) is 30.5 Å². The van der Waals surface area contributed by atoms with E-state index in [9.17, 15) is 14.9 Å². The molecule has 1 amide bonds. The molecule has 1 unspecified atom stereocenters. The number of nitro groups is 1. The number of benzene rings is 1. The van der Waals surface area contributed by atoms with Crippen LogP contribution in [0.15, 0.2) is 36.5 Å². The Morgan fingerprint density at radius 3 is 2.92 bits per heavy atom. The van der Waals surface area contributed by atoms with Gasteiger partial charge in [-0.3, -0.25) is 19.6 Å². The summed E-state index contributed by atoms with van der Waals surface area (Å²) in [5.74, 6) is -0.337. The first-order chi connectivity index (χ1) is 11.6. The lowest BCUT2D eigenvalue weighted by Crippen LogP contribution is -2.32. The van der Waals surface area contributed by atoms with Gasteiger partial charge >= 0.3 is 0 Å². The SMILES string of the molecule is Cl.O=C(NCc1ccccc1[N+](=O)[O-])c1ccn(C2CCCNC2)n1. The molecule has 1 aliphatic rings. The monoisotopic (exact) mass is 365 g/mol. The van der Waals surface area contributed by atoms with Crippen molar-refractivity contribution in [2.24, 2.45) is 0 Å². The Labute approximate surface area is 151 Å². The highest BCUT2D eigenvalue weighted by Crippen LogP contribution is 2.18. The Kier molecular flexibility index (Phi) is 6.49. The van der Waals surface area contributed by atoms with Gasteiger partial charge in [0.2, 0.25) is 0 Å². The summed E-state index contributed by atoms with van der Waals surface area (Å²) >= 11 is 0. The number of aromatic nitrogens is 2. The van der Waals surface area contributed by atoms with E-state index in [0.29, 0.717) is 11.3 Å². The van der Waals surface area contributed by atoms with Crippen molar-refractivity contribution in [2.75, 3.05) is 13.1 Å². The number of nitro benzene ring substituents is 1. The van der Waals surface area contributed by atoms with Gasteiger partial charge in [-0.25, -0.2) is 0 Å². The lowest BCUT2D eigenvalue weighted by atomic mass is 10.1. The van der Waals surface area contributed by atoms with Crippen LogP contribution in [0.5, 0.6) is 0 Å². The van der Waals surface area contributed by atoms with Crippen LogP contribution in [0.4, 0.5) is 5.69 Å². The first-order valence-electron chi connectivity index (χ1n) is 7.91. The van der Waals surface area contributed by atoms with Crippen molar-refractivity contribution in [2.45, 2.75) is 25.4 Å². The Morgan fingerprint density at radius 1 is 1.40 bits per heavy atom. The molecule has 0 spiro atoms. The number of rotatable bonds is 5. The van der Waals surface area contributed by atoms with Crippen LogP contribution in [0.2, 0.25) is 0 Å². The van der Waals surface area contributed by atoms with E-state index in [1.807, 2.05) is 4.68 Å². The lowest BCUT2D eigenvalue weighted by molar-refractivity contribution is -0.385. The van der Waals surface area contributed by atoms with E-state index < -0.39 is 4.92 Å². The van der Waals surface area contributed by atoms with E-state index in [1.165, 1.54) is 6.07 Å². The van der Waals surface area contributed by atoms with Crippen LogP contribution in [-0.4, -0.2) is 33.7 Å². The van der Waals surface area contributed by atoms with Crippen LogP contribution in [-0.2, 0) is 6.54 Å². The van der Waals surface area contributed by atoms with Crippen LogP contribution in [0, 0.1) is 10.1 Å². The second-order valence-corrected chi connectivity index (χ2v) is 5.75. The summed E-state index contributed by atoms with van der Waals surface area (Å²) in [6, 6.07) is 8.29. The molecular formula is C16H20ClN5O3. The summed E-state index contributed by atoms with van der Waals surface area (Å²) in [6.45, 7) is 1.95. The average molecular weight is 366 g/mol. The van der Waals surface area contributed by atoms with Crippen molar-refractivity contribution in [3.63, 3.8) is 0 Å². The minimum absolute atomic E-state index is 0. The molecule has 8 nitrogen and oxygen atoms in total. The summed E-state index contributed by atoms with van der Waals surface area (Å²) in [4.78, 5) is 22.8. The van der Waals surface area contributed by atoms with E-state index in [2.05, 4.69) is 15.7 Å². The Balaban J connectivity index is 0.00000225. The van der Waals surface area contributed by atoms with Gasteiger partial charge in [0, 0.05) is 30.9 Å². The van der Waals surface area contributed by atoms with Crippen LogP contribution >= 0.6 is 12.4 Å². The normalized spacial score (nSPS) is 16.7. The van der Waals surface area contributed by atoms with Crippen molar-refractivity contribution in [3.05, 3.63) is 57.9 Å². The second kappa shape index (κ2) is 8.59. The van der Waals surface area contributed by atoms with Gasteiger partial charge < -0.3 is 10.6 Å². The molecule has 1 saturated heterocycles. The highest BCUT2D eigenvalue weighted by atomic mass is 35.5.